The number of hydrogen-bond acceptors (Lipinski definition) is 5. The first-order chi connectivity index (χ1) is 10.2. The third kappa shape index (κ3) is 3.09. The Kier molecular flexibility index (Phi) is 3.94. The van der Waals surface area contributed by atoms with Crippen LogP contribution in [0.3, 0.4) is 0 Å². The largest absolute Gasteiger partial charge is 0.369 e. The van der Waals surface area contributed by atoms with Gasteiger partial charge in [-0.05, 0) is 31.9 Å². The summed E-state index contributed by atoms with van der Waals surface area (Å²) < 4.78 is 0. The van der Waals surface area contributed by atoms with Crippen molar-refractivity contribution >= 4 is 22.8 Å². The molecule has 1 aliphatic heterocycles. The Bertz CT molecular complexity index is 658. The molecule has 0 spiro atoms. The van der Waals surface area contributed by atoms with Crippen molar-refractivity contribution in [2.75, 3.05) is 25.0 Å². The summed E-state index contributed by atoms with van der Waals surface area (Å²) in [7, 11) is 0. The van der Waals surface area contributed by atoms with Crippen molar-refractivity contribution in [3.8, 4) is 0 Å². The number of aromatic nitrogens is 3. The molecule has 2 aromatic rings. The number of likely N-dealkylation sites (tertiary alicyclic amines) is 1. The minimum absolute atomic E-state index is 0.280. The summed E-state index contributed by atoms with van der Waals surface area (Å²) in [4.78, 5) is 26.5. The van der Waals surface area contributed by atoms with Gasteiger partial charge in [0.05, 0.1) is 5.39 Å². The predicted octanol–water partition coefficient (Wildman–Crippen LogP) is 1.76. The molecule has 1 fully saturated rings. The Labute approximate surface area is 123 Å². The zero-order valence-corrected chi connectivity index (χ0v) is 12.2. The molecule has 1 N–H and O–H groups in total. The number of rotatable bonds is 5. The lowest BCUT2D eigenvalue weighted by Crippen LogP contribution is -2.27. The molecule has 3 heterocycles. The standard InChI is InChI=1S/C15H19N5O/c1-11-18-14-12(5-2-7-16-14)15(19-11)17-8-4-10-20-9-3-6-13(20)21/h2,5,7H,3-4,6,8-10H2,1H3,(H,16,17,18,19). The first-order valence-corrected chi connectivity index (χ1v) is 7.35. The van der Waals surface area contributed by atoms with Gasteiger partial charge in [-0.3, -0.25) is 4.79 Å². The Balaban J connectivity index is 1.61. The van der Waals surface area contributed by atoms with Crippen molar-refractivity contribution in [2.45, 2.75) is 26.2 Å². The summed E-state index contributed by atoms with van der Waals surface area (Å²) in [6, 6.07) is 3.85. The Morgan fingerprint density at radius 1 is 1.38 bits per heavy atom. The van der Waals surface area contributed by atoms with Gasteiger partial charge in [0.2, 0.25) is 5.91 Å². The van der Waals surface area contributed by atoms with Crippen LogP contribution in [0.25, 0.3) is 11.0 Å². The van der Waals surface area contributed by atoms with E-state index in [9.17, 15) is 4.79 Å². The molecule has 1 amide bonds. The second-order valence-corrected chi connectivity index (χ2v) is 5.26. The lowest BCUT2D eigenvalue weighted by Gasteiger charge is -2.15. The fraction of sp³-hybridized carbons (Fsp3) is 0.467. The van der Waals surface area contributed by atoms with Crippen LogP contribution < -0.4 is 5.32 Å². The molecule has 0 radical (unpaired) electrons. The van der Waals surface area contributed by atoms with E-state index in [1.165, 1.54) is 0 Å². The zero-order chi connectivity index (χ0) is 14.7. The van der Waals surface area contributed by atoms with Crippen LogP contribution >= 0.6 is 0 Å². The van der Waals surface area contributed by atoms with Crippen LogP contribution in [0, 0.1) is 6.92 Å². The van der Waals surface area contributed by atoms with Crippen LogP contribution in [0.15, 0.2) is 18.3 Å². The number of fused-ring (bicyclic) bond motifs is 1. The summed E-state index contributed by atoms with van der Waals surface area (Å²) in [6.07, 6.45) is 4.34. The third-order valence-electron chi connectivity index (χ3n) is 3.65. The highest BCUT2D eigenvalue weighted by Gasteiger charge is 2.18. The molecule has 6 heteroatoms. The Hall–Kier alpha value is -2.24. The number of carbonyl (C=O) groups excluding carboxylic acids is 1. The van der Waals surface area contributed by atoms with Crippen LogP contribution in [-0.4, -0.2) is 45.4 Å². The number of nitrogens with zero attached hydrogens (tertiary/aromatic N) is 4. The molecule has 1 saturated heterocycles. The number of hydrogen-bond donors (Lipinski definition) is 1. The fourth-order valence-electron chi connectivity index (χ4n) is 2.62. The van der Waals surface area contributed by atoms with E-state index in [0.717, 1.165) is 43.7 Å². The number of amides is 1. The second kappa shape index (κ2) is 6.03. The van der Waals surface area contributed by atoms with Gasteiger partial charge >= 0.3 is 0 Å². The monoisotopic (exact) mass is 285 g/mol. The molecule has 6 nitrogen and oxygen atoms in total. The van der Waals surface area contributed by atoms with Crippen molar-refractivity contribution < 1.29 is 4.79 Å². The molecular formula is C15H19N5O. The lowest BCUT2D eigenvalue weighted by molar-refractivity contribution is -0.127. The molecule has 0 saturated carbocycles. The topological polar surface area (TPSA) is 71.0 Å². The minimum atomic E-state index is 0.280. The van der Waals surface area contributed by atoms with Gasteiger partial charge in [0.25, 0.3) is 0 Å². The zero-order valence-electron chi connectivity index (χ0n) is 12.2. The van der Waals surface area contributed by atoms with Crippen LogP contribution in [0.2, 0.25) is 0 Å². The van der Waals surface area contributed by atoms with E-state index in [4.69, 9.17) is 0 Å². The van der Waals surface area contributed by atoms with Crippen molar-refractivity contribution in [1.82, 2.24) is 19.9 Å². The molecule has 0 bridgehead atoms. The summed E-state index contributed by atoms with van der Waals surface area (Å²) in [5, 5.41) is 4.27. The summed E-state index contributed by atoms with van der Waals surface area (Å²) >= 11 is 0. The number of carbonyl (C=O) groups is 1. The average molecular weight is 285 g/mol. The maximum Gasteiger partial charge on any atom is 0.222 e. The quantitative estimate of drug-likeness (QED) is 0.848. The average Bonchev–Trinajstić information content (AvgIpc) is 2.88. The highest BCUT2D eigenvalue weighted by Crippen LogP contribution is 2.18. The van der Waals surface area contributed by atoms with Crippen molar-refractivity contribution in [2.24, 2.45) is 0 Å². The van der Waals surface area contributed by atoms with Gasteiger partial charge in [0.15, 0.2) is 5.65 Å². The Morgan fingerprint density at radius 2 is 2.29 bits per heavy atom. The van der Waals surface area contributed by atoms with E-state index >= 15 is 0 Å². The van der Waals surface area contributed by atoms with Crippen molar-refractivity contribution in [1.29, 1.82) is 0 Å². The van der Waals surface area contributed by atoms with E-state index in [1.807, 2.05) is 24.0 Å². The fourth-order valence-corrected chi connectivity index (χ4v) is 2.62. The summed E-state index contributed by atoms with van der Waals surface area (Å²) in [5.41, 5.74) is 0.710. The van der Waals surface area contributed by atoms with Gasteiger partial charge in [-0.2, -0.15) is 0 Å². The molecule has 110 valence electrons. The molecule has 0 unspecified atom stereocenters. The van der Waals surface area contributed by atoms with Gasteiger partial charge in [0.1, 0.15) is 11.6 Å². The normalized spacial score (nSPS) is 14.9. The lowest BCUT2D eigenvalue weighted by atomic mass is 10.3. The molecule has 0 aromatic carbocycles. The van der Waals surface area contributed by atoms with Gasteiger partial charge in [-0.1, -0.05) is 0 Å². The highest BCUT2D eigenvalue weighted by atomic mass is 16.2. The van der Waals surface area contributed by atoms with Crippen molar-refractivity contribution in [3.63, 3.8) is 0 Å². The molecule has 1 aliphatic rings. The second-order valence-electron chi connectivity index (χ2n) is 5.26. The molecule has 21 heavy (non-hydrogen) atoms. The van der Waals surface area contributed by atoms with Gasteiger partial charge in [0, 0.05) is 32.3 Å². The van der Waals surface area contributed by atoms with E-state index in [2.05, 4.69) is 20.3 Å². The van der Waals surface area contributed by atoms with Crippen LogP contribution in [0.1, 0.15) is 25.1 Å². The molecule has 2 aromatic heterocycles. The molecule has 0 aliphatic carbocycles. The van der Waals surface area contributed by atoms with E-state index < -0.39 is 0 Å². The molecular weight excluding hydrogens is 266 g/mol. The van der Waals surface area contributed by atoms with Crippen molar-refractivity contribution in [3.05, 3.63) is 24.2 Å². The first-order valence-electron chi connectivity index (χ1n) is 7.35. The summed E-state index contributed by atoms with van der Waals surface area (Å²) in [6.45, 7) is 4.36. The maximum atomic E-state index is 11.5. The molecule has 3 rings (SSSR count). The smallest absolute Gasteiger partial charge is 0.222 e. The van der Waals surface area contributed by atoms with E-state index in [0.29, 0.717) is 17.9 Å². The Morgan fingerprint density at radius 3 is 3.10 bits per heavy atom. The minimum Gasteiger partial charge on any atom is -0.369 e. The summed E-state index contributed by atoms with van der Waals surface area (Å²) in [5.74, 6) is 1.80. The first kappa shape index (κ1) is 13.7. The van der Waals surface area contributed by atoms with Crippen LogP contribution in [-0.2, 0) is 4.79 Å². The number of pyridine rings is 1. The number of nitrogens with one attached hydrogen (secondary N) is 1. The number of anilines is 1. The van der Waals surface area contributed by atoms with Gasteiger partial charge < -0.3 is 10.2 Å². The highest BCUT2D eigenvalue weighted by molar-refractivity contribution is 5.86. The SMILES string of the molecule is Cc1nc(NCCCN2CCCC2=O)c2cccnc2n1. The van der Waals surface area contributed by atoms with Gasteiger partial charge in [-0.25, -0.2) is 15.0 Å². The van der Waals surface area contributed by atoms with Crippen LogP contribution in [0.5, 0.6) is 0 Å². The molecule has 0 atom stereocenters. The maximum absolute atomic E-state index is 11.5. The third-order valence-corrected chi connectivity index (χ3v) is 3.65. The van der Waals surface area contributed by atoms with Crippen LogP contribution in [0.4, 0.5) is 5.82 Å². The number of aryl methyl sites for hydroxylation is 1. The predicted molar refractivity (Wildman–Crippen MR) is 81.0 cm³/mol. The van der Waals surface area contributed by atoms with E-state index in [1.54, 1.807) is 6.20 Å². The van der Waals surface area contributed by atoms with E-state index in [-0.39, 0.29) is 5.91 Å². The van der Waals surface area contributed by atoms with Gasteiger partial charge in [-0.15, -0.1) is 0 Å².